The second-order valence-corrected chi connectivity index (χ2v) is 6.31. The van der Waals surface area contributed by atoms with Crippen LogP contribution in [0.5, 0.6) is 11.5 Å². The zero-order valence-corrected chi connectivity index (χ0v) is 19.8. The number of guanidine groups is 1. The summed E-state index contributed by atoms with van der Waals surface area (Å²) in [6, 6.07) is 16.0. The van der Waals surface area contributed by atoms with E-state index in [2.05, 4.69) is 37.3 Å². The van der Waals surface area contributed by atoms with Gasteiger partial charge in [-0.1, -0.05) is 30.3 Å². The van der Waals surface area contributed by atoms with Gasteiger partial charge < -0.3 is 24.7 Å². The second-order valence-electron chi connectivity index (χ2n) is 6.31. The lowest BCUT2D eigenvalue weighted by Gasteiger charge is -2.15. The first-order valence-corrected chi connectivity index (χ1v) is 9.56. The van der Waals surface area contributed by atoms with E-state index < -0.39 is 0 Å². The zero-order valence-electron chi connectivity index (χ0n) is 17.5. The molecule has 0 radical (unpaired) electrons. The number of benzene rings is 2. The predicted molar refractivity (Wildman–Crippen MR) is 131 cm³/mol. The molecule has 8 heteroatoms. The first-order chi connectivity index (χ1) is 14.2. The summed E-state index contributed by atoms with van der Waals surface area (Å²) in [7, 11) is 3.36. The Morgan fingerprint density at radius 1 is 1.13 bits per heavy atom. The minimum atomic E-state index is 0. The van der Waals surface area contributed by atoms with Gasteiger partial charge in [0.2, 0.25) is 0 Å². The number of imidazole rings is 1. The lowest BCUT2D eigenvalue weighted by atomic mass is 10.2. The van der Waals surface area contributed by atoms with Crippen LogP contribution in [0.4, 0.5) is 5.69 Å². The maximum absolute atomic E-state index is 5.56. The highest BCUT2D eigenvalue weighted by molar-refractivity contribution is 14.0. The fraction of sp³-hybridized carbons (Fsp3) is 0.273. The van der Waals surface area contributed by atoms with Crippen molar-refractivity contribution in [1.29, 1.82) is 0 Å². The summed E-state index contributed by atoms with van der Waals surface area (Å²) in [5.74, 6) is 2.96. The van der Waals surface area contributed by atoms with Crippen LogP contribution in [0.1, 0.15) is 18.3 Å². The first-order valence-electron chi connectivity index (χ1n) is 9.56. The topological polar surface area (TPSA) is 72.7 Å². The Bertz CT molecular complexity index is 944. The molecule has 0 saturated carbocycles. The molecule has 1 heterocycles. The van der Waals surface area contributed by atoms with Gasteiger partial charge in [0.05, 0.1) is 20.3 Å². The smallest absolute Gasteiger partial charge is 0.195 e. The number of halogens is 1. The molecule has 2 aromatic carbocycles. The van der Waals surface area contributed by atoms with Gasteiger partial charge in [-0.15, -0.1) is 24.0 Å². The average Bonchev–Trinajstić information content (AvgIpc) is 3.19. The van der Waals surface area contributed by atoms with Crippen LogP contribution >= 0.6 is 24.0 Å². The quantitative estimate of drug-likeness (QED) is 0.265. The van der Waals surface area contributed by atoms with Crippen LogP contribution in [0, 0.1) is 0 Å². The molecule has 30 heavy (non-hydrogen) atoms. The Balaban J connectivity index is 0.00000320. The van der Waals surface area contributed by atoms with Gasteiger partial charge in [-0.05, 0) is 24.6 Å². The van der Waals surface area contributed by atoms with Crippen LogP contribution in [-0.4, -0.2) is 36.3 Å². The molecule has 160 valence electrons. The summed E-state index contributed by atoms with van der Waals surface area (Å²) in [6.07, 6.45) is 3.80. The number of nitrogens with zero attached hydrogens (tertiary/aromatic N) is 3. The van der Waals surface area contributed by atoms with E-state index in [1.165, 1.54) is 5.56 Å². The SMILES string of the molecule is CCOc1ccc(NC(=NC)NCc2nccn2Cc2ccccc2)cc1OC.I. The number of anilines is 1. The molecule has 0 unspecified atom stereocenters. The Morgan fingerprint density at radius 3 is 2.63 bits per heavy atom. The number of rotatable bonds is 8. The van der Waals surface area contributed by atoms with E-state index in [4.69, 9.17) is 9.47 Å². The first kappa shape index (κ1) is 23.5. The normalized spacial score (nSPS) is 10.8. The van der Waals surface area contributed by atoms with Gasteiger partial charge in [-0.2, -0.15) is 0 Å². The molecule has 0 spiro atoms. The molecule has 3 aromatic rings. The third kappa shape index (κ3) is 6.38. The van der Waals surface area contributed by atoms with Gasteiger partial charge in [0.1, 0.15) is 5.82 Å². The third-order valence-corrected chi connectivity index (χ3v) is 4.36. The summed E-state index contributed by atoms with van der Waals surface area (Å²) in [5, 5.41) is 6.58. The molecule has 0 saturated heterocycles. The number of aromatic nitrogens is 2. The highest BCUT2D eigenvalue weighted by Gasteiger charge is 2.08. The highest BCUT2D eigenvalue weighted by Crippen LogP contribution is 2.30. The average molecular weight is 521 g/mol. The fourth-order valence-electron chi connectivity index (χ4n) is 2.93. The molecule has 0 bridgehead atoms. The lowest BCUT2D eigenvalue weighted by molar-refractivity contribution is 0.311. The van der Waals surface area contributed by atoms with Crippen molar-refractivity contribution in [2.45, 2.75) is 20.0 Å². The molecule has 0 atom stereocenters. The molecule has 7 nitrogen and oxygen atoms in total. The van der Waals surface area contributed by atoms with Crippen LogP contribution in [0.2, 0.25) is 0 Å². The molecule has 0 fully saturated rings. The van der Waals surface area contributed by atoms with Crippen LogP contribution < -0.4 is 20.1 Å². The van der Waals surface area contributed by atoms with E-state index in [0.717, 1.165) is 18.1 Å². The second kappa shape index (κ2) is 12.1. The van der Waals surface area contributed by atoms with Crippen molar-refractivity contribution >= 4 is 35.6 Å². The monoisotopic (exact) mass is 521 g/mol. The third-order valence-electron chi connectivity index (χ3n) is 4.36. The van der Waals surface area contributed by atoms with Crippen molar-refractivity contribution in [2.24, 2.45) is 4.99 Å². The molecule has 0 aliphatic carbocycles. The van der Waals surface area contributed by atoms with Crippen LogP contribution in [-0.2, 0) is 13.1 Å². The molecule has 0 amide bonds. The van der Waals surface area contributed by atoms with Crippen LogP contribution in [0.15, 0.2) is 65.9 Å². The molecule has 0 aliphatic heterocycles. The molecule has 1 aromatic heterocycles. The van der Waals surface area contributed by atoms with Crippen LogP contribution in [0.3, 0.4) is 0 Å². The van der Waals surface area contributed by atoms with Gasteiger partial charge in [-0.3, -0.25) is 4.99 Å². The lowest BCUT2D eigenvalue weighted by Crippen LogP contribution is -2.31. The number of ether oxygens (including phenoxy) is 2. The van der Waals surface area contributed by atoms with Crippen molar-refractivity contribution in [1.82, 2.24) is 14.9 Å². The van der Waals surface area contributed by atoms with Gasteiger partial charge in [0, 0.05) is 37.7 Å². The van der Waals surface area contributed by atoms with Crippen molar-refractivity contribution in [3.05, 3.63) is 72.3 Å². The van der Waals surface area contributed by atoms with E-state index in [1.807, 2.05) is 55.7 Å². The van der Waals surface area contributed by atoms with E-state index in [9.17, 15) is 0 Å². The maximum atomic E-state index is 5.56. The van der Waals surface area contributed by atoms with Crippen molar-refractivity contribution < 1.29 is 9.47 Å². The van der Waals surface area contributed by atoms with Crippen molar-refractivity contribution in [3.63, 3.8) is 0 Å². The fourth-order valence-corrected chi connectivity index (χ4v) is 2.93. The molecule has 0 aliphatic rings. The van der Waals surface area contributed by atoms with Gasteiger partial charge >= 0.3 is 0 Å². The van der Waals surface area contributed by atoms with Crippen LogP contribution in [0.25, 0.3) is 0 Å². The summed E-state index contributed by atoms with van der Waals surface area (Å²) in [4.78, 5) is 8.76. The van der Waals surface area contributed by atoms with E-state index in [1.54, 1.807) is 14.2 Å². The molecule has 3 rings (SSSR count). The standard InChI is InChI=1S/C22H27N5O2.HI/c1-4-29-19-11-10-18(14-20(19)28-3)26-22(23-2)25-15-21-24-12-13-27(21)16-17-8-6-5-7-9-17;/h5-14H,4,15-16H2,1-3H3,(H2,23,25,26);1H. The van der Waals surface area contributed by atoms with Crippen molar-refractivity contribution in [2.75, 3.05) is 26.1 Å². The number of methoxy groups -OCH3 is 1. The van der Waals surface area contributed by atoms with Gasteiger partial charge in [0.25, 0.3) is 0 Å². The predicted octanol–water partition coefficient (Wildman–Crippen LogP) is 4.14. The van der Waals surface area contributed by atoms with E-state index in [0.29, 0.717) is 30.6 Å². The summed E-state index contributed by atoms with van der Waals surface area (Å²) >= 11 is 0. The summed E-state index contributed by atoms with van der Waals surface area (Å²) in [6.45, 7) is 3.86. The highest BCUT2D eigenvalue weighted by atomic mass is 127. The molecule has 2 N–H and O–H groups in total. The minimum absolute atomic E-state index is 0. The number of hydrogen-bond donors (Lipinski definition) is 2. The Labute approximate surface area is 194 Å². The Hall–Kier alpha value is -2.75. The zero-order chi connectivity index (χ0) is 20.5. The summed E-state index contributed by atoms with van der Waals surface area (Å²) in [5.41, 5.74) is 2.08. The van der Waals surface area contributed by atoms with Gasteiger partial charge in [-0.25, -0.2) is 4.98 Å². The van der Waals surface area contributed by atoms with E-state index in [-0.39, 0.29) is 24.0 Å². The maximum Gasteiger partial charge on any atom is 0.195 e. The Kier molecular flexibility index (Phi) is 9.46. The van der Waals surface area contributed by atoms with Crippen molar-refractivity contribution in [3.8, 4) is 11.5 Å². The molecular formula is C22H28IN5O2. The number of aliphatic imine (C=N–C) groups is 1. The largest absolute Gasteiger partial charge is 0.493 e. The number of hydrogen-bond acceptors (Lipinski definition) is 4. The molecular weight excluding hydrogens is 493 g/mol. The number of nitrogens with one attached hydrogen (secondary N) is 2. The Morgan fingerprint density at radius 2 is 1.93 bits per heavy atom. The van der Waals surface area contributed by atoms with Gasteiger partial charge in [0.15, 0.2) is 17.5 Å². The minimum Gasteiger partial charge on any atom is -0.493 e. The summed E-state index contributed by atoms with van der Waals surface area (Å²) < 4.78 is 13.1. The van der Waals surface area contributed by atoms with E-state index >= 15 is 0 Å².